The van der Waals surface area contributed by atoms with Crippen molar-refractivity contribution in [2.45, 2.75) is 51.2 Å². The second-order valence-electron chi connectivity index (χ2n) is 6.35. The van der Waals surface area contributed by atoms with E-state index in [1.54, 1.807) is 0 Å². The summed E-state index contributed by atoms with van der Waals surface area (Å²) in [5, 5.41) is 8.51. The molecule has 5 heteroatoms. The number of hydrogen-bond donors (Lipinski definition) is 1. The third-order valence-corrected chi connectivity index (χ3v) is 6.05. The molecule has 1 aromatic heterocycles. The highest BCUT2D eigenvalue weighted by atomic mass is 32.2. The Morgan fingerprint density at radius 3 is 3.10 bits per heavy atom. The minimum Gasteiger partial charge on any atom is -0.374 e. The topological polar surface area (TPSA) is 61.0 Å². The van der Waals surface area contributed by atoms with Gasteiger partial charge in [-0.2, -0.15) is 22.0 Å². The van der Waals surface area contributed by atoms with Gasteiger partial charge >= 0.3 is 0 Å². The number of ether oxygens (including phenoxy) is 1. The Labute approximate surface area is 131 Å². The van der Waals surface area contributed by atoms with E-state index in [0.717, 1.165) is 43.0 Å². The smallest absolute Gasteiger partial charge is 0.0783 e. The molecule has 0 amide bonds. The van der Waals surface area contributed by atoms with E-state index < -0.39 is 0 Å². The van der Waals surface area contributed by atoms with Crippen molar-refractivity contribution in [2.24, 2.45) is 11.7 Å². The zero-order valence-electron chi connectivity index (χ0n) is 13.0. The van der Waals surface area contributed by atoms with Gasteiger partial charge in [0.2, 0.25) is 0 Å². The molecule has 0 aromatic carbocycles. The molecule has 116 valence electrons. The monoisotopic (exact) mass is 307 g/mol. The average Bonchev–Trinajstić information content (AvgIpc) is 2.94. The highest BCUT2D eigenvalue weighted by Crippen LogP contribution is 2.43. The molecule has 3 atom stereocenters. The second-order valence-corrected chi connectivity index (χ2v) is 7.46. The van der Waals surface area contributed by atoms with Crippen molar-refractivity contribution in [2.75, 3.05) is 18.1 Å². The molecule has 1 aromatic rings. The molecular weight excluding hydrogens is 282 g/mol. The van der Waals surface area contributed by atoms with Gasteiger partial charge in [-0.1, -0.05) is 6.92 Å². The fourth-order valence-corrected chi connectivity index (χ4v) is 4.97. The number of nitrogens with zero attached hydrogens (tertiary/aromatic N) is 2. The van der Waals surface area contributed by atoms with Crippen molar-refractivity contribution in [3.63, 3.8) is 0 Å². The fraction of sp³-hybridized carbons (Fsp3) is 0.750. The van der Waals surface area contributed by atoms with E-state index in [1.807, 2.05) is 18.7 Å². The van der Waals surface area contributed by atoms with Gasteiger partial charge in [0, 0.05) is 18.4 Å². The summed E-state index contributed by atoms with van der Waals surface area (Å²) < 4.78 is 6.12. The zero-order chi connectivity index (χ0) is 14.9. The number of thioether (sulfide) groups is 1. The molecule has 0 aliphatic carbocycles. The maximum absolute atomic E-state index is 6.64. The van der Waals surface area contributed by atoms with Crippen molar-refractivity contribution in [3.8, 4) is 0 Å². The Bertz CT molecular complexity index is 502. The normalized spacial score (nSPS) is 30.7. The Kier molecular flexibility index (Phi) is 4.52. The first kappa shape index (κ1) is 15.3. The van der Waals surface area contributed by atoms with Crippen molar-refractivity contribution in [3.05, 3.63) is 23.0 Å². The summed E-state index contributed by atoms with van der Waals surface area (Å²) in [5.74, 6) is 2.84. The summed E-state index contributed by atoms with van der Waals surface area (Å²) in [7, 11) is 0. The summed E-state index contributed by atoms with van der Waals surface area (Å²) in [6, 6.07) is 2.18. The first-order valence-electron chi connectivity index (χ1n) is 7.94. The summed E-state index contributed by atoms with van der Waals surface area (Å²) in [4.78, 5) is 0. The lowest BCUT2D eigenvalue weighted by Gasteiger charge is -2.40. The van der Waals surface area contributed by atoms with Gasteiger partial charge in [0.25, 0.3) is 0 Å². The third kappa shape index (κ3) is 3.10. The van der Waals surface area contributed by atoms with Crippen LogP contribution in [0, 0.1) is 12.8 Å². The van der Waals surface area contributed by atoms with Crippen LogP contribution in [0.2, 0.25) is 0 Å². The second kappa shape index (κ2) is 6.23. The molecule has 2 saturated heterocycles. The van der Waals surface area contributed by atoms with E-state index in [0.29, 0.717) is 5.92 Å². The van der Waals surface area contributed by atoms with Crippen LogP contribution >= 0.6 is 11.8 Å². The largest absolute Gasteiger partial charge is 0.374 e. The Morgan fingerprint density at radius 1 is 1.52 bits per heavy atom. The van der Waals surface area contributed by atoms with Crippen LogP contribution in [0.25, 0.3) is 0 Å². The molecular formula is C16H25N3OS. The van der Waals surface area contributed by atoms with Crippen molar-refractivity contribution < 1.29 is 4.74 Å². The van der Waals surface area contributed by atoms with Crippen LogP contribution in [-0.2, 0) is 11.2 Å². The molecule has 0 radical (unpaired) electrons. The molecule has 2 N–H and O–H groups in total. The van der Waals surface area contributed by atoms with E-state index in [2.05, 4.69) is 23.2 Å². The maximum atomic E-state index is 6.64. The third-order valence-electron chi connectivity index (χ3n) is 4.83. The molecule has 1 spiro atoms. The summed E-state index contributed by atoms with van der Waals surface area (Å²) >= 11 is 2.01. The number of aryl methyl sites for hydroxylation is 2. The first-order chi connectivity index (χ1) is 10.1. The van der Waals surface area contributed by atoms with E-state index in [-0.39, 0.29) is 11.6 Å². The summed E-state index contributed by atoms with van der Waals surface area (Å²) in [6.07, 6.45) is 4.21. The van der Waals surface area contributed by atoms with Crippen LogP contribution in [0.15, 0.2) is 6.07 Å². The van der Waals surface area contributed by atoms with Crippen LogP contribution in [0.4, 0.5) is 0 Å². The lowest BCUT2D eigenvalue weighted by Crippen LogP contribution is -2.43. The van der Waals surface area contributed by atoms with Crippen molar-refractivity contribution in [1.82, 2.24) is 10.2 Å². The lowest BCUT2D eigenvalue weighted by atomic mass is 9.79. The van der Waals surface area contributed by atoms with Crippen LogP contribution in [0.3, 0.4) is 0 Å². The first-order valence-corrected chi connectivity index (χ1v) is 9.09. The highest BCUT2D eigenvalue weighted by Gasteiger charge is 2.42. The quantitative estimate of drug-likeness (QED) is 0.930. The number of nitrogens with two attached hydrogens (primary N) is 1. The lowest BCUT2D eigenvalue weighted by molar-refractivity contribution is -0.0834. The molecule has 0 bridgehead atoms. The SMILES string of the molecule is CCc1nnc(C)cc1C(N)C1CCOC2(CCSC2)C1. The van der Waals surface area contributed by atoms with Gasteiger partial charge in [-0.3, -0.25) is 0 Å². The molecule has 2 fully saturated rings. The van der Waals surface area contributed by atoms with Gasteiger partial charge in [0.15, 0.2) is 0 Å². The minimum atomic E-state index is 0.0560. The standard InChI is InChI=1S/C16H25N3OS/c1-3-14-13(8-11(2)18-19-14)15(17)12-4-6-20-16(9-12)5-7-21-10-16/h8,12,15H,3-7,9-10,17H2,1-2H3. The minimum absolute atomic E-state index is 0.0560. The molecule has 0 saturated carbocycles. The maximum Gasteiger partial charge on any atom is 0.0783 e. The predicted molar refractivity (Wildman–Crippen MR) is 86.4 cm³/mol. The van der Waals surface area contributed by atoms with Gasteiger partial charge in [0.05, 0.1) is 17.0 Å². The summed E-state index contributed by atoms with van der Waals surface area (Å²) in [6.45, 7) is 4.95. The Morgan fingerprint density at radius 2 is 2.38 bits per heavy atom. The Balaban J connectivity index is 1.81. The summed E-state index contributed by atoms with van der Waals surface area (Å²) in [5.41, 5.74) is 9.92. The van der Waals surface area contributed by atoms with Gasteiger partial charge in [0.1, 0.15) is 0 Å². The van der Waals surface area contributed by atoms with Gasteiger partial charge in [-0.05, 0) is 55.9 Å². The van der Waals surface area contributed by atoms with Crippen LogP contribution < -0.4 is 5.73 Å². The van der Waals surface area contributed by atoms with Gasteiger partial charge < -0.3 is 10.5 Å². The number of rotatable bonds is 3. The highest BCUT2D eigenvalue weighted by molar-refractivity contribution is 7.99. The number of hydrogen-bond acceptors (Lipinski definition) is 5. The predicted octanol–water partition coefficient (Wildman–Crippen LogP) is 2.65. The van der Waals surface area contributed by atoms with Crippen molar-refractivity contribution >= 4 is 11.8 Å². The molecule has 2 aliphatic heterocycles. The molecule has 4 nitrogen and oxygen atoms in total. The van der Waals surface area contributed by atoms with Gasteiger partial charge in [-0.15, -0.1) is 0 Å². The molecule has 3 unspecified atom stereocenters. The van der Waals surface area contributed by atoms with Gasteiger partial charge in [-0.25, -0.2) is 0 Å². The average molecular weight is 307 g/mol. The van der Waals surface area contributed by atoms with E-state index in [4.69, 9.17) is 10.5 Å². The molecule has 3 heterocycles. The number of aromatic nitrogens is 2. The van der Waals surface area contributed by atoms with Crippen LogP contribution in [0.5, 0.6) is 0 Å². The van der Waals surface area contributed by atoms with Crippen molar-refractivity contribution in [1.29, 1.82) is 0 Å². The molecule has 21 heavy (non-hydrogen) atoms. The Hall–Kier alpha value is -0.650. The molecule has 2 aliphatic rings. The van der Waals surface area contributed by atoms with E-state index in [1.165, 1.54) is 17.7 Å². The fourth-order valence-electron chi connectivity index (χ4n) is 3.59. The van der Waals surface area contributed by atoms with E-state index >= 15 is 0 Å². The van der Waals surface area contributed by atoms with E-state index in [9.17, 15) is 0 Å². The van der Waals surface area contributed by atoms with Crippen LogP contribution in [-0.4, -0.2) is 33.9 Å². The van der Waals surface area contributed by atoms with Crippen LogP contribution in [0.1, 0.15) is 49.2 Å². The zero-order valence-corrected chi connectivity index (χ0v) is 13.8. The molecule has 3 rings (SSSR count).